The lowest BCUT2D eigenvalue weighted by Gasteiger charge is -1.98. The first-order chi connectivity index (χ1) is 2.89. The van der Waals surface area contributed by atoms with E-state index in [0.29, 0.717) is 6.61 Å². The molecule has 0 fully saturated rings. The highest BCUT2D eigenvalue weighted by molar-refractivity contribution is 9.07. The minimum atomic E-state index is 0.686. The SMILES string of the molecule is BrN1C=CCO1. The van der Waals surface area contributed by atoms with Crippen molar-refractivity contribution in [2.45, 2.75) is 0 Å². The second-order valence-corrected chi connectivity index (χ2v) is 1.65. The van der Waals surface area contributed by atoms with E-state index in [1.54, 1.807) is 6.20 Å². The highest BCUT2D eigenvalue weighted by Gasteiger charge is 1.95. The summed E-state index contributed by atoms with van der Waals surface area (Å²) in [4.78, 5) is 4.79. The fourth-order valence-electron chi connectivity index (χ4n) is 0.283. The van der Waals surface area contributed by atoms with Gasteiger partial charge in [0.2, 0.25) is 0 Å². The first kappa shape index (κ1) is 4.15. The van der Waals surface area contributed by atoms with Crippen molar-refractivity contribution in [3.63, 3.8) is 0 Å². The molecule has 0 amide bonds. The quantitative estimate of drug-likeness (QED) is 0.478. The third kappa shape index (κ3) is 0.725. The average Bonchev–Trinajstić information content (AvgIpc) is 1.86. The molecule has 1 aliphatic heterocycles. The molecule has 0 saturated heterocycles. The average molecular weight is 150 g/mol. The van der Waals surface area contributed by atoms with Gasteiger partial charge in [-0.3, -0.25) is 4.84 Å². The summed E-state index contributed by atoms with van der Waals surface area (Å²) in [5.74, 6) is 0. The Morgan fingerprint density at radius 1 is 1.83 bits per heavy atom. The molecule has 1 heterocycles. The third-order valence-electron chi connectivity index (χ3n) is 0.517. The topological polar surface area (TPSA) is 12.5 Å². The minimum Gasteiger partial charge on any atom is -0.259 e. The maximum absolute atomic E-state index is 4.79. The Kier molecular flexibility index (Phi) is 1.12. The first-order valence-electron chi connectivity index (χ1n) is 1.64. The molecule has 3 heteroatoms. The zero-order valence-electron chi connectivity index (χ0n) is 3.10. The molecule has 1 rings (SSSR count). The molecule has 1 aliphatic rings. The normalized spacial score (nSPS) is 19.8. The van der Waals surface area contributed by atoms with E-state index in [1.165, 1.54) is 4.09 Å². The fraction of sp³-hybridized carbons (Fsp3) is 0.333. The van der Waals surface area contributed by atoms with E-state index in [1.807, 2.05) is 6.08 Å². The predicted molar refractivity (Wildman–Crippen MR) is 25.9 cm³/mol. The van der Waals surface area contributed by atoms with E-state index in [4.69, 9.17) is 4.84 Å². The summed E-state index contributed by atoms with van der Waals surface area (Å²) in [5, 5.41) is 0. The van der Waals surface area contributed by atoms with Gasteiger partial charge in [-0.15, -0.1) is 0 Å². The lowest BCUT2D eigenvalue weighted by atomic mass is 10.7. The largest absolute Gasteiger partial charge is 0.259 e. The summed E-state index contributed by atoms with van der Waals surface area (Å²) in [5.41, 5.74) is 0. The number of rotatable bonds is 0. The van der Waals surface area contributed by atoms with Crippen molar-refractivity contribution in [1.29, 1.82) is 0 Å². The van der Waals surface area contributed by atoms with Crippen LogP contribution >= 0.6 is 16.1 Å². The Hall–Kier alpha value is -0.0200. The van der Waals surface area contributed by atoms with Gasteiger partial charge in [0.1, 0.15) is 0 Å². The zero-order chi connectivity index (χ0) is 4.41. The number of hydrogen-bond donors (Lipinski definition) is 0. The Bertz CT molecular complexity index is 73.2. The van der Waals surface area contributed by atoms with Crippen LogP contribution in [0, 0.1) is 0 Å². The highest BCUT2D eigenvalue weighted by Crippen LogP contribution is 2.04. The van der Waals surface area contributed by atoms with E-state index in [9.17, 15) is 0 Å². The molecule has 6 heavy (non-hydrogen) atoms. The van der Waals surface area contributed by atoms with Crippen molar-refractivity contribution >= 4 is 16.1 Å². The maximum Gasteiger partial charge on any atom is 0.0959 e. The molecule has 0 radical (unpaired) electrons. The smallest absolute Gasteiger partial charge is 0.0959 e. The van der Waals surface area contributed by atoms with E-state index < -0.39 is 0 Å². The lowest BCUT2D eigenvalue weighted by Crippen LogP contribution is -1.94. The summed E-state index contributed by atoms with van der Waals surface area (Å²) in [6.45, 7) is 0.686. The molecule has 0 aliphatic carbocycles. The van der Waals surface area contributed by atoms with Crippen LogP contribution in [0.25, 0.3) is 0 Å². The van der Waals surface area contributed by atoms with Crippen molar-refractivity contribution in [2.75, 3.05) is 6.61 Å². The van der Waals surface area contributed by atoms with Gasteiger partial charge in [0, 0.05) is 6.20 Å². The highest BCUT2D eigenvalue weighted by atomic mass is 79.9. The van der Waals surface area contributed by atoms with Crippen LogP contribution in [0.4, 0.5) is 0 Å². The van der Waals surface area contributed by atoms with Crippen LogP contribution in [0.1, 0.15) is 0 Å². The van der Waals surface area contributed by atoms with E-state index >= 15 is 0 Å². The van der Waals surface area contributed by atoms with Gasteiger partial charge in [-0.05, 0) is 6.08 Å². The van der Waals surface area contributed by atoms with Crippen LogP contribution in [0.5, 0.6) is 0 Å². The Morgan fingerprint density at radius 2 is 2.67 bits per heavy atom. The van der Waals surface area contributed by atoms with E-state index in [2.05, 4.69) is 16.1 Å². The van der Waals surface area contributed by atoms with Crippen molar-refractivity contribution in [3.05, 3.63) is 12.3 Å². The Balaban J connectivity index is 2.38. The summed E-state index contributed by atoms with van der Waals surface area (Å²) in [6, 6.07) is 0. The van der Waals surface area contributed by atoms with Crippen molar-refractivity contribution in [1.82, 2.24) is 4.09 Å². The molecule has 0 N–H and O–H groups in total. The van der Waals surface area contributed by atoms with Gasteiger partial charge < -0.3 is 0 Å². The molecule has 34 valence electrons. The van der Waals surface area contributed by atoms with Crippen LogP contribution in [-0.2, 0) is 4.84 Å². The predicted octanol–water partition coefficient (Wildman–Crippen LogP) is 1.06. The molecule has 0 atom stereocenters. The van der Waals surface area contributed by atoms with Gasteiger partial charge in [-0.2, -0.15) is 4.09 Å². The Morgan fingerprint density at radius 3 is 2.83 bits per heavy atom. The monoisotopic (exact) mass is 149 g/mol. The molecular formula is C3H4BrNO. The molecule has 0 saturated carbocycles. The van der Waals surface area contributed by atoms with Crippen molar-refractivity contribution in [3.8, 4) is 0 Å². The van der Waals surface area contributed by atoms with Gasteiger partial charge in [-0.25, -0.2) is 0 Å². The minimum absolute atomic E-state index is 0.686. The molecular weight excluding hydrogens is 146 g/mol. The third-order valence-corrected chi connectivity index (χ3v) is 0.958. The molecule has 0 aromatic heterocycles. The maximum atomic E-state index is 4.79. The fourth-order valence-corrected chi connectivity index (χ4v) is 0.569. The van der Waals surface area contributed by atoms with Gasteiger partial charge in [-0.1, -0.05) is 0 Å². The van der Waals surface area contributed by atoms with E-state index in [0.717, 1.165) is 0 Å². The lowest BCUT2D eigenvalue weighted by molar-refractivity contribution is 0.00755. The summed E-state index contributed by atoms with van der Waals surface area (Å²) in [7, 11) is 0. The molecule has 0 aromatic rings. The van der Waals surface area contributed by atoms with Gasteiger partial charge in [0.25, 0.3) is 0 Å². The number of hydrogen-bond acceptors (Lipinski definition) is 2. The second-order valence-electron chi connectivity index (χ2n) is 0.953. The number of hydroxylamine groups is 1. The van der Waals surface area contributed by atoms with Gasteiger partial charge in [0.05, 0.1) is 22.8 Å². The van der Waals surface area contributed by atoms with Crippen LogP contribution in [-0.4, -0.2) is 10.7 Å². The molecule has 0 bridgehead atoms. The molecule has 0 unspecified atom stereocenters. The Labute approximate surface area is 44.7 Å². The standard InChI is InChI=1S/C3H4BrNO/c4-5-2-1-3-6-5/h1-2H,3H2. The van der Waals surface area contributed by atoms with Crippen LogP contribution in [0.15, 0.2) is 12.3 Å². The summed E-state index contributed by atoms with van der Waals surface area (Å²) < 4.78 is 1.49. The first-order valence-corrected chi connectivity index (χ1v) is 2.35. The van der Waals surface area contributed by atoms with Crippen LogP contribution in [0.2, 0.25) is 0 Å². The number of halogens is 1. The van der Waals surface area contributed by atoms with Crippen molar-refractivity contribution < 1.29 is 4.84 Å². The summed E-state index contributed by atoms with van der Waals surface area (Å²) >= 11 is 3.06. The van der Waals surface area contributed by atoms with Crippen LogP contribution in [0.3, 0.4) is 0 Å². The van der Waals surface area contributed by atoms with E-state index in [-0.39, 0.29) is 0 Å². The molecule has 0 spiro atoms. The number of nitrogens with zero attached hydrogens (tertiary/aromatic N) is 1. The van der Waals surface area contributed by atoms with Gasteiger partial charge in [0.15, 0.2) is 0 Å². The molecule has 0 aromatic carbocycles. The van der Waals surface area contributed by atoms with Gasteiger partial charge >= 0.3 is 0 Å². The summed E-state index contributed by atoms with van der Waals surface area (Å²) in [6.07, 6.45) is 3.72. The zero-order valence-corrected chi connectivity index (χ0v) is 4.68. The molecule has 2 nitrogen and oxygen atoms in total. The van der Waals surface area contributed by atoms with Crippen molar-refractivity contribution in [2.24, 2.45) is 0 Å². The van der Waals surface area contributed by atoms with Crippen LogP contribution < -0.4 is 0 Å². The second kappa shape index (κ2) is 1.62.